The van der Waals surface area contributed by atoms with Crippen LogP contribution in [0.3, 0.4) is 0 Å². The summed E-state index contributed by atoms with van der Waals surface area (Å²) in [6.45, 7) is 6.23. The van der Waals surface area contributed by atoms with E-state index in [9.17, 15) is 0 Å². The van der Waals surface area contributed by atoms with E-state index in [1.54, 1.807) is 12.4 Å². The largest absolute Gasteiger partial charge is 0.456 e. The van der Waals surface area contributed by atoms with Crippen LogP contribution in [0.1, 0.15) is 23.8 Å². The van der Waals surface area contributed by atoms with E-state index in [0.717, 1.165) is 122 Å². The standard InChI is InChI=1S/C65H42N4O2/c1-3-50-56-38-66-29-27-62(56)70-64(50)31-40(2)41-18-23-58-52(33-41)53-34-44(19-24-59(53)68(58)48-13-6-4-7-14-48)42-11-10-12-43(32-42)45-20-25-60-54(35-45)55-36-46(21-26-61(55)69(60)49-15-8-5-9-16-49)47-17-22-51-57-39-67-30-28-63(57)71-65(51)37-47/h3-39H,1H2,2H3/b40-31+. The summed E-state index contributed by atoms with van der Waals surface area (Å²) >= 11 is 0. The molecule has 0 saturated carbocycles. The van der Waals surface area contributed by atoms with Gasteiger partial charge in [0.25, 0.3) is 0 Å². The number of pyridine rings is 2. The number of para-hydroxylation sites is 2. The average molecular weight is 911 g/mol. The molecule has 0 amide bonds. The summed E-state index contributed by atoms with van der Waals surface area (Å²) < 4.78 is 17.4. The SMILES string of the molecule is C=Cc1c(/C=C(\C)c2ccc3c(c2)c2cc(-c4cccc(-c5ccc6c(c5)c5cc(-c7ccc8c(c7)oc7ccncc78)ccc5n6-c5ccccc5)c4)ccc2n3-c2ccccc2)oc2ccncc12. The predicted molar refractivity (Wildman–Crippen MR) is 294 cm³/mol. The zero-order valence-electron chi connectivity index (χ0n) is 38.7. The van der Waals surface area contributed by atoms with Crippen LogP contribution in [-0.2, 0) is 0 Å². The van der Waals surface area contributed by atoms with Crippen LogP contribution >= 0.6 is 0 Å². The molecule has 6 heterocycles. The Morgan fingerprint density at radius 2 is 0.915 bits per heavy atom. The summed E-state index contributed by atoms with van der Waals surface area (Å²) in [7, 11) is 0. The lowest BCUT2D eigenvalue weighted by Crippen LogP contribution is -1.93. The highest BCUT2D eigenvalue weighted by Gasteiger charge is 2.19. The van der Waals surface area contributed by atoms with Gasteiger partial charge in [-0.2, -0.15) is 0 Å². The van der Waals surface area contributed by atoms with Crippen molar-refractivity contribution < 1.29 is 8.83 Å². The first kappa shape index (κ1) is 40.5. The van der Waals surface area contributed by atoms with Gasteiger partial charge < -0.3 is 18.0 Å². The van der Waals surface area contributed by atoms with Crippen molar-refractivity contribution in [1.82, 2.24) is 19.1 Å². The minimum absolute atomic E-state index is 0.774. The van der Waals surface area contributed by atoms with Crippen LogP contribution < -0.4 is 0 Å². The van der Waals surface area contributed by atoms with Gasteiger partial charge in [0.15, 0.2) is 0 Å². The highest BCUT2D eigenvalue weighted by Crippen LogP contribution is 2.41. The minimum atomic E-state index is 0.774. The van der Waals surface area contributed by atoms with Gasteiger partial charge in [0.1, 0.15) is 22.5 Å². The second kappa shape index (κ2) is 16.0. The first-order valence-electron chi connectivity index (χ1n) is 23.9. The summed E-state index contributed by atoms with van der Waals surface area (Å²) in [5.74, 6) is 0.774. The first-order valence-corrected chi connectivity index (χ1v) is 23.9. The van der Waals surface area contributed by atoms with Crippen LogP contribution in [0.5, 0.6) is 0 Å². The number of fused-ring (bicyclic) bond motifs is 10. The molecule has 334 valence electrons. The number of rotatable bonds is 8. The molecular formula is C65H42N4O2. The fraction of sp³-hybridized carbons (Fsp3) is 0.0154. The number of nitrogens with zero attached hydrogens (tertiary/aromatic N) is 4. The van der Waals surface area contributed by atoms with Crippen LogP contribution in [0.15, 0.2) is 228 Å². The Morgan fingerprint density at radius 3 is 1.49 bits per heavy atom. The highest BCUT2D eigenvalue weighted by molar-refractivity contribution is 6.14. The lowest BCUT2D eigenvalue weighted by atomic mass is 9.96. The van der Waals surface area contributed by atoms with Crippen molar-refractivity contribution in [2.75, 3.05) is 0 Å². The van der Waals surface area contributed by atoms with Gasteiger partial charge in [0, 0.05) is 79.4 Å². The Kier molecular flexibility index (Phi) is 9.16. The van der Waals surface area contributed by atoms with Crippen LogP contribution in [0, 0.1) is 0 Å². The maximum Gasteiger partial charge on any atom is 0.138 e. The third-order valence-corrected chi connectivity index (χ3v) is 14.3. The smallest absolute Gasteiger partial charge is 0.138 e. The van der Waals surface area contributed by atoms with Crippen molar-refractivity contribution in [3.05, 3.63) is 236 Å². The first-order chi connectivity index (χ1) is 35.0. The van der Waals surface area contributed by atoms with E-state index in [1.165, 1.54) is 21.5 Å². The Bertz CT molecular complexity index is 4490. The van der Waals surface area contributed by atoms with E-state index < -0.39 is 0 Å². The van der Waals surface area contributed by atoms with Crippen molar-refractivity contribution >= 4 is 94.2 Å². The van der Waals surface area contributed by atoms with Gasteiger partial charge in [0.2, 0.25) is 0 Å². The number of aromatic nitrogens is 4. The lowest BCUT2D eigenvalue weighted by molar-refractivity contribution is 0.603. The molecule has 0 N–H and O–H groups in total. The summed E-state index contributed by atoms with van der Waals surface area (Å²) in [6, 6.07) is 67.9. The molecule has 0 atom stereocenters. The van der Waals surface area contributed by atoms with Gasteiger partial charge in [-0.15, -0.1) is 0 Å². The highest BCUT2D eigenvalue weighted by atomic mass is 16.3. The third-order valence-electron chi connectivity index (χ3n) is 14.3. The molecule has 0 bridgehead atoms. The lowest BCUT2D eigenvalue weighted by Gasteiger charge is -2.10. The summed E-state index contributed by atoms with van der Waals surface area (Å²) in [4.78, 5) is 8.67. The molecule has 0 spiro atoms. The van der Waals surface area contributed by atoms with Crippen molar-refractivity contribution in [2.45, 2.75) is 6.92 Å². The van der Waals surface area contributed by atoms with E-state index in [-0.39, 0.29) is 0 Å². The van der Waals surface area contributed by atoms with Gasteiger partial charge >= 0.3 is 0 Å². The van der Waals surface area contributed by atoms with Gasteiger partial charge in [-0.25, -0.2) is 0 Å². The van der Waals surface area contributed by atoms with E-state index in [0.29, 0.717) is 0 Å². The molecule has 14 rings (SSSR count). The molecule has 0 saturated heterocycles. The van der Waals surface area contributed by atoms with E-state index >= 15 is 0 Å². The second-order valence-electron chi connectivity index (χ2n) is 18.3. The Hall–Kier alpha value is -9.52. The second-order valence-corrected chi connectivity index (χ2v) is 18.3. The van der Waals surface area contributed by atoms with Crippen molar-refractivity contribution in [3.63, 3.8) is 0 Å². The Labute approximate surface area is 408 Å². The van der Waals surface area contributed by atoms with E-state index in [1.807, 2.05) is 30.6 Å². The molecule has 0 aliphatic heterocycles. The molecule has 6 nitrogen and oxygen atoms in total. The number of furan rings is 2. The topological polar surface area (TPSA) is 61.9 Å². The average Bonchev–Trinajstić information content (AvgIpc) is 4.17. The predicted octanol–water partition coefficient (Wildman–Crippen LogP) is 17.5. The van der Waals surface area contributed by atoms with Crippen LogP contribution in [-0.4, -0.2) is 19.1 Å². The molecule has 0 aliphatic rings. The molecule has 6 aromatic heterocycles. The molecular weight excluding hydrogens is 869 g/mol. The molecule has 6 heteroatoms. The molecule has 71 heavy (non-hydrogen) atoms. The third kappa shape index (κ3) is 6.57. The molecule has 14 aromatic rings. The van der Waals surface area contributed by atoms with Gasteiger partial charge in [-0.1, -0.05) is 97.6 Å². The zero-order valence-corrected chi connectivity index (χ0v) is 38.7. The number of benzene rings is 8. The molecule has 0 aliphatic carbocycles. The number of hydrogen-bond acceptors (Lipinski definition) is 4. The number of hydrogen-bond donors (Lipinski definition) is 0. The van der Waals surface area contributed by atoms with E-state index in [2.05, 4.69) is 215 Å². The van der Waals surface area contributed by atoms with Gasteiger partial charge in [-0.3, -0.25) is 9.97 Å². The monoisotopic (exact) mass is 910 g/mol. The quantitative estimate of drug-likeness (QED) is 0.152. The molecule has 8 aromatic carbocycles. The molecule has 0 radical (unpaired) electrons. The summed E-state index contributed by atoms with van der Waals surface area (Å²) in [5, 5.41) is 7.80. The van der Waals surface area contributed by atoms with Crippen LogP contribution in [0.25, 0.3) is 139 Å². The fourth-order valence-electron chi connectivity index (χ4n) is 10.8. The zero-order chi connectivity index (χ0) is 47.2. The fourth-order valence-corrected chi connectivity index (χ4v) is 10.8. The molecule has 0 unspecified atom stereocenters. The Balaban J connectivity index is 0.885. The summed E-state index contributed by atoms with van der Waals surface area (Å²) in [6.07, 6.45) is 11.2. The normalized spacial score (nSPS) is 12.2. The van der Waals surface area contributed by atoms with Crippen molar-refractivity contribution in [1.29, 1.82) is 0 Å². The number of allylic oxidation sites excluding steroid dienone is 1. The van der Waals surface area contributed by atoms with E-state index in [4.69, 9.17) is 8.83 Å². The minimum Gasteiger partial charge on any atom is -0.456 e. The Morgan fingerprint density at radius 1 is 0.423 bits per heavy atom. The van der Waals surface area contributed by atoms with Gasteiger partial charge in [0.05, 0.1) is 22.1 Å². The summed E-state index contributed by atoms with van der Waals surface area (Å²) in [5.41, 5.74) is 19.4. The molecule has 0 fully saturated rings. The van der Waals surface area contributed by atoms with Gasteiger partial charge in [-0.05, 0) is 161 Å². The maximum absolute atomic E-state index is 6.31. The maximum atomic E-state index is 6.31. The van der Waals surface area contributed by atoms with Crippen molar-refractivity contribution in [2.24, 2.45) is 0 Å². The van der Waals surface area contributed by atoms with Crippen LogP contribution in [0.4, 0.5) is 0 Å². The van der Waals surface area contributed by atoms with Crippen molar-refractivity contribution in [3.8, 4) is 44.8 Å². The van der Waals surface area contributed by atoms with Crippen LogP contribution in [0.2, 0.25) is 0 Å².